The van der Waals surface area contributed by atoms with Crippen molar-refractivity contribution in [2.24, 2.45) is 0 Å². The molecule has 0 aromatic heterocycles. The summed E-state index contributed by atoms with van der Waals surface area (Å²) in [5.74, 6) is 0.522. The predicted octanol–water partition coefficient (Wildman–Crippen LogP) is 3.50. The Bertz CT molecular complexity index is 342. The lowest BCUT2D eigenvalue weighted by atomic mass is 9.80. The van der Waals surface area contributed by atoms with E-state index in [0.717, 1.165) is 5.56 Å². The Morgan fingerprint density at radius 1 is 1.29 bits per heavy atom. The summed E-state index contributed by atoms with van der Waals surface area (Å²) >= 11 is 17.9. The van der Waals surface area contributed by atoms with Crippen LogP contribution in [0.4, 0.5) is 0 Å². The molecule has 0 atom stereocenters. The summed E-state index contributed by atoms with van der Waals surface area (Å²) < 4.78 is 5.19. The number of alkyl halides is 1. The fraction of sp³-hybridized carbons (Fsp3) is 0.400. The van der Waals surface area contributed by atoms with Gasteiger partial charge >= 0.3 is 0 Å². The smallest absolute Gasteiger partial charge is 0.0597 e. The minimum Gasteiger partial charge on any atom is -0.379 e. The first kappa shape index (κ1) is 10.6. The number of ether oxygens (including phenoxy) is 1. The van der Waals surface area contributed by atoms with Gasteiger partial charge in [-0.3, -0.25) is 0 Å². The van der Waals surface area contributed by atoms with Crippen LogP contribution in [-0.4, -0.2) is 19.1 Å². The van der Waals surface area contributed by atoms with Gasteiger partial charge in [-0.25, -0.2) is 0 Å². The van der Waals surface area contributed by atoms with E-state index in [4.69, 9.17) is 39.5 Å². The second-order valence-corrected chi connectivity index (χ2v) is 4.64. The first-order chi connectivity index (χ1) is 6.68. The number of hydrogen-bond acceptors (Lipinski definition) is 1. The highest BCUT2D eigenvalue weighted by molar-refractivity contribution is 6.35. The molecule has 76 valence electrons. The van der Waals surface area contributed by atoms with Gasteiger partial charge in [0.15, 0.2) is 0 Å². The Kier molecular flexibility index (Phi) is 2.94. The Hall–Kier alpha value is 0.0500. The lowest BCUT2D eigenvalue weighted by Gasteiger charge is -2.40. The molecule has 1 fully saturated rings. The van der Waals surface area contributed by atoms with Crippen LogP contribution in [-0.2, 0) is 10.2 Å². The normalized spacial score (nSPS) is 19.1. The fourth-order valence-corrected chi connectivity index (χ4v) is 2.48. The third-order valence-electron chi connectivity index (χ3n) is 2.51. The van der Waals surface area contributed by atoms with Crippen molar-refractivity contribution >= 4 is 34.8 Å². The highest BCUT2D eigenvalue weighted by atomic mass is 35.5. The zero-order valence-electron chi connectivity index (χ0n) is 7.40. The number of halogens is 3. The van der Waals surface area contributed by atoms with Crippen LogP contribution in [0.15, 0.2) is 18.2 Å². The topological polar surface area (TPSA) is 9.23 Å². The van der Waals surface area contributed by atoms with Crippen molar-refractivity contribution in [1.82, 2.24) is 0 Å². The van der Waals surface area contributed by atoms with Crippen LogP contribution in [0.25, 0.3) is 0 Å². The van der Waals surface area contributed by atoms with Gasteiger partial charge in [0, 0.05) is 15.9 Å². The molecule has 0 aliphatic carbocycles. The third kappa shape index (κ3) is 1.63. The molecule has 2 rings (SSSR count). The highest BCUT2D eigenvalue weighted by Crippen LogP contribution is 2.38. The monoisotopic (exact) mass is 250 g/mol. The molecule has 0 N–H and O–H groups in total. The second-order valence-electron chi connectivity index (χ2n) is 3.53. The maximum atomic E-state index is 6.11. The summed E-state index contributed by atoms with van der Waals surface area (Å²) in [5.41, 5.74) is 0.924. The molecule has 1 nitrogen and oxygen atoms in total. The van der Waals surface area contributed by atoms with E-state index in [0.29, 0.717) is 29.1 Å². The zero-order valence-corrected chi connectivity index (χ0v) is 9.66. The molecule has 0 spiro atoms. The van der Waals surface area contributed by atoms with Crippen LogP contribution in [0.3, 0.4) is 0 Å². The van der Waals surface area contributed by atoms with E-state index >= 15 is 0 Å². The number of rotatable bonds is 2. The number of benzene rings is 1. The summed E-state index contributed by atoms with van der Waals surface area (Å²) in [6.45, 7) is 1.27. The van der Waals surface area contributed by atoms with Crippen LogP contribution < -0.4 is 0 Å². The van der Waals surface area contributed by atoms with Gasteiger partial charge in [-0.15, -0.1) is 11.6 Å². The summed E-state index contributed by atoms with van der Waals surface area (Å²) in [6, 6.07) is 5.50. The molecule has 1 aliphatic rings. The molecule has 4 heteroatoms. The summed E-state index contributed by atoms with van der Waals surface area (Å²) in [7, 11) is 0. The molecule has 1 aromatic carbocycles. The molecule has 0 bridgehead atoms. The molecular weight excluding hydrogens is 242 g/mol. The van der Waals surface area contributed by atoms with Gasteiger partial charge in [-0.1, -0.05) is 29.3 Å². The Labute approximate surface area is 97.9 Å². The maximum Gasteiger partial charge on any atom is 0.0597 e. The first-order valence-corrected chi connectivity index (χ1v) is 5.56. The molecule has 0 unspecified atom stereocenters. The summed E-state index contributed by atoms with van der Waals surface area (Å²) in [5, 5.41) is 1.31. The predicted molar refractivity (Wildman–Crippen MR) is 59.7 cm³/mol. The first-order valence-electron chi connectivity index (χ1n) is 4.27. The zero-order chi connectivity index (χ0) is 10.2. The standard InChI is InChI=1S/C10H9Cl3O/c11-4-10(5-14-6-10)8-2-1-7(12)3-9(8)13/h1-3H,4-6H2. The number of hydrogen-bond donors (Lipinski definition) is 0. The van der Waals surface area contributed by atoms with Crippen molar-refractivity contribution in [1.29, 1.82) is 0 Å². The molecule has 14 heavy (non-hydrogen) atoms. The molecular formula is C10H9Cl3O. The van der Waals surface area contributed by atoms with E-state index in [1.807, 2.05) is 12.1 Å². The molecule has 0 amide bonds. The van der Waals surface area contributed by atoms with Gasteiger partial charge in [0.2, 0.25) is 0 Å². The minimum absolute atomic E-state index is 0.108. The van der Waals surface area contributed by atoms with Gasteiger partial charge < -0.3 is 4.74 Å². The Balaban J connectivity index is 2.40. The van der Waals surface area contributed by atoms with Crippen molar-refractivity contribution in [3.8, 4) is 0 Å². The van der Waals surface area contributed by atoms with Crippen LogP contribution >= 0.6 is 34.8 Å². The van der Waals surface area contributed by atoms with Crippen LogP contribution in [0, 0.1) is 0 Å². The average molecular weight is 252 g/mol. The molecule has 1 saturated heterocycles. The summed E-state index contributed by atoms with van der Waals surface area (Å²) in [6.07, 6.45) is 0. The lowest BCUT2D eigenvalue weighted by molar-refractivity contribution is -0.0479. The van der Waals surface area contributed by atoms with Gasteiger partial charge in [0.05, 0.1) is 18.6 Å². The van der Waals surface area contributed by atoms with Crippen molar-refractivity contribution < 1.29 is 4.74 Å². The average Bonchev–Trinajstić information content (AvgIpc) is 2.07. The van der Waals surface area contributed by atoms with Gasteiger partial charge in [-0.2, -0.15) is 0 Å². The minimum atomic E-state index is -0.108. The van der Waals surface area contributed by atoms with Crippen molar-refractivity contribution in [3.05, 3.63) is 33.8 Å². The fourth-order valence-electron chi connectivity index (χ4n) is 1.57. The Morgan fingerprint density at radius 2 is 2.00 bits per heavy atom. The van der Waals surface area contributed by atoms with Crippen molar-refractivity contribution in [3.63, 3.8) is 0 Å². The van der Waals surface area contributed by atoms with E-state index in [2.05, 4.69) is 0 Å². The maximum absolute atomic E-state index is 6.11. The van der Waals surface area contributed by atoms with Crippen LogP contribution in [0.2, 0.25) is 10.0 Å². The third-order valence-corrected chi connectivity index (χ3v) is 3.57. The van der Waals surface area contributed by atoms with Gasteiger partial charge in [0.1, 0.15) is 0 Å². The van der Waals surface area contributed by atoms with Crippen molar-refractivity contribution in [2.75, 3.05) is 19.1 Å². The molecule has 1 heterocycles. The second kappa shape index (κ2) is 3.90. The SMILES string of the molecule is ClCC1(c2ccc(Cl)cc2Cl)COC1. The summed E-state index contributed by atoms with van der Waals surface area (Å²) in [4.78, 5) is 0. The highest BCUT2D eigenvalue weighted by Gasteiger charge is 2.40. The largest absolute Gasteiger partial charge is 0.379 e. The van der Waals surface area contributed by atoms with Crippen LogP contribution in [0.5, 0.6) is 0 Å². The van der Waals surface area contributed by atoms with E-state index in [9.17, 15) is 0 Å². The Morgan fingerprint density at radius 3 is 2.43 bits per heavy atom. The molecule has 1 aliphatic heterocycles. The van der Waals surface area contributed by atoms with E-state index < -0.39 is 0 Å². The van der Waals surface area contributed by atoms with E-state index in [1.165, 1.54) is 0 Å². The van der Waals surface area contributed by atoms with Gasteiger partial charge in [0.25, 0.3) is 0 Å². The van der Waals surface area contributed by atoms with Gasteiger partial charge in [-0.05, 0) is 17.7 Å². The van der Waals surface area contributed by atoms with E-state index in [1.54, 1.807) is 6.07 Å². The molecule has 0 saturated carbocycles. The lowest BCUT2D eigenvalue weighted by Crippen LogP contribution is -2.48. The quantitative estimate of drug-likeness (QED) is 0.731. The molecule has 0 radical (unpaired) electrons. The van der Waals surface area contributed by atoms with Crippen LogP contribution in [0.1, 0.15) is 5.56 Å². The van der Waals surface area contributed by atoms with E-state index in [-0.39, 0.29) is 5.41 Å². The molecule has 1 aromatic rings. The van der Waals surface area contributed by atoms with Crippen molar-refractivity contribution in [2.45, 2.75) is 5.41 Å².